The first kappa shape index (κ1) is 10.1. The first-order valence-corrected chi connectivity index (χ1v) is 7.00. The average Bonchev–Trinajstić information content (AvgIpc) is 2.27. The van der Waals surface area contributed by atoms with E-state index in [0.29, 0.717) is 5.41 Å². The quantitative estimate of drug-likeness (QED) is 0.675. The van der Waals surface area contributed by atoms with Crippen molar-refractivity contribution in [1.29, 1.82) is 0 Å². The van der Waals surface area contributed by atoms with Gasteiger partial charge in [0.15, 0.2) is 0 Å². The van der Waals surface area contributed by atoms with Gasteiger partial charge in [-0.1, -0.05) is 12.1 Å². The zero-order chi connectivity index (χ0) is 11.5. The van der Waals surface area contributed by atoms with E-state index in [4.69, 9.17) is 0 Å². The molecular weight excluding hydrogens is 211 g/mol. The highest BCUT2D eigenvalue weighted by Crippen LogP contribution is 2.60. The Morgan fingerprint density at radius 3 is 1.76 bits per heavy atom. The molecule has 0 radical (unpaired) electrons. The zero-order valence-electron chi connectivity index (χ0n) is 10.2. The fraction of sp³-hybridized carbons (Fsp3) is 0.625. The van der Waals surface area contributed by atoms with Crippen LogP contribution in [0.3, 0.4) is 0 Å². The topological polar surface area (TPSA) is 0 Å². The van der Waals surface area contributed by atoms with E-state index < -0.39 is 0 Å². The monoisotopic (exact) mass is 230 g/mol. The molecule has 5 rings (SSSR count). The largest absolute Gasteiger partial charge is 0.207 e. The van der Waals surface area contributed by atoms with E-state index in [1.54, 1.807) is 12.1 Å². The molecule has 1 aromatic rings. The van der Waals surface area contributed by atoms with E-state index in [2.05, 4.69) is 0 Å². The molecule has 0 aliphatic heterocycles. The maximum Gasteiger partial charge on any atom is 0.123 e. The highest BCUT2D eigenvalue weighted by molar-refractivity contribution is 5.29. The van der Waals surface area contributed by atoms with Crippen LogP contribution < -0.4 is 0 Å². The van der Waals surface area contributed by atoms with Crippen molar-refractivity contribution < 1.29 is 4.39 Å². The van der Waals surface area contributed by atoms with Crippen LogP contribution in [-0.2, 0) is 5.41 Å². The second-order valence-corrected chi connectivity index (χ2v) is 6.70. The van der Waals surface area contributed by atoms with Gasteiger partial charge >= 0.3 is 0 Å². The third-order valence-corrected chi connectivity index (χ3v) is 5.49. The summed E-state index contributed by atoms with van der Waals surface area (Å²) < 4.78 is 13.1. The first-order valence-electron chi connectivity index (χ1n) is 7.00. The van der Waals surface area contributed by atoms with Crippen LogP contribution in [0.4, 0.5) is 4.39 Å². The highest BCUT2D eigenvalue weighted by Gasteiger charge is 2.51. The number of rotatable bonds is 1. The zero-order valence-corrected chi connectivity index (χ0v) is 10.2. The Morgan fingerprint density at radius 2 is 1.29 bits per heavy atom. The third kappa shape index (κ3) is 1.47. The predicted octanol–water partition coefficient (Wildman–Crippen LogP) is 4.29. The molecule has 0 spiro atoms. The molecule has 0 saturated heterocycles. The van der Waals surface area contributed by atoms with E-state index in [1.165, 1.54) is 44.1 Å². The average molecular weight is 230 g/mol. The van der Waals surface area contributed by atoms with Gasteiger partial charge in [-0.15, -0.1) is 0 Å². The van der Waals surface area contributed by atoms with Crippen LogP contribution in [0.15, 0.2) is 24.3 Å². The molecule has 0 amide bonds. The SMILES string of the molecule is Fc1ccc(C23CC4CC(CC(C4)C2)C3)cc1. The number of hydrogen-bond donors (Lipinski definition) is 0. The van der Waals surface area contributed by atoms with Gasteiger partial charge in [0.2, 0.25) is 0 Å². The fourth-order valence-electron chi connectivity index (χ4n) is 5.27. The fourth-order valence-corrected chi connectivity index (χ4v) is 5.27. The van der Waals surface area contributed by atoms with E-state index in [0.717, 1.165) is 17.8 Å². The number of hydrogen-bond acceptors (Lipinski definition) is 0. The molecule has 17 heavy (non-hydrogen) atoms. The molecule has 0 nitrogen and oxygen atoms in total. The molecule has 0 heterocycles. The van der Waals surface area contributed by atoms with Crippen molar-refractivity contribution in [3.63, 3.8) is 0 Å². The highest BCUT2D eigenvalue weighted by atomic mass is 19.1. The summed E-state index contributed by atoms with van der Waals surface area (Å²) in [6, 6.07) is 7.38. The van der Waals surface area contributed by atoms with Gasteiger partial charge in [-0.2, -0.15) is 0 Å². The third-order valence-electron chi connectivity index (χ3n) is 5.49. The molecule has 90 valence electrons. The summed E-state index contributed by atoms with van der Waals surface area (Å²) in [6.45, 7) is 0. The van der Waals surface area contributed by atoms with Crippen molar-refractivity contribution in [2.45, 2.75) is 43.9 Å². The molecular formula is C16H19F. The Hall–Kier alpha value is -0.850. The maximum absolute atomic E-state index is 13.1. The second kappa shape index (κ2) is 3.34. The van der Waals surface area contributed by atoms with Gasteiger partial charge in [-0.25, -0.2) is 4.39 Å². The lowest BCUT2D eigenvalue weighted by atomic mass is 9.48. The molecule has 1 heteroatoms. The van der Waals surface area contributed by atoms with Gasteiger partial charge in [0.25, 0.3) is 0 Å². The van der Waals surface area contributed by atoms with Gasteiger partial charge in [0, 0.05) is 0 Å². The van der Waals surface area contributed by atoms with E-state index in [1.807, 2.05) is 12.1 Å². The summed E-state index contributed by atoms with van der Waals surface area (Å²) in [4.78, 5) is 0. The molecule has 4 aliphatic carbocycles. The van der Waals surface area contributed by atoms with Crippen molar-refractivity contribution >= 4 is 0 Å². The Labute approximate surface area is 102 Å². The minimum atomic E-state index is -0.0986. The van der Waals surface area contributed by atoms with Gasteiger partial charge in [0.05, 0.1) is 0 Å². The van der Waals surface area contributed by atoms with Crippen LogP contribution in [0.1, 0.15) is 44.1 Å². The lowest BCUT2D eigenvalue weighted by Crippen LogP contribution is -2.48. The summed E-state index contributed by atoms with van der Waals surface area (Å²) in [5.74, 6) is 2.79. The molecule has 1 aromatic carbocycles. The molecule has 4 saturated carbocycles. The summed E-state index contributed by atoms with van der Waals surface area (Å²) >= 11 is 0. The molecule has 0 unspecified atom stereocenters. The lowest BCUT2D eigenvalue weighted by Gasteiger charge is -2.57. The first-order chi connectivity index (χ1) is 8.23. The van der Waals surface area contributed by atoms with Crippen LogP contribution in [0.2, 0.25) is 0 Å². The van der Waals surface area contributed by atoms with Crippen molar-refractivity contribution in [3.8, 4) is 0 Å². The molecule has 0 N–H and O–H groups in total. The molecule has 0 atom stereocenters. The standard InChI is InChI=1S/C16H19F/c17-15-3-1-14(2-4-15)16-8-11-5-12(9-16)7-13(6-11)10-16/h1-4,11-13H,5-10H2. The van der Waals surface area contributed by atoms with Crippen molar-refractivity contribution in [2.75, 3.05) is 0 Å². The van der Waals surface area contributed by atoms with Gasteiger partial charge in [-0.05, 0) is 79.4 Å². The maximum atomic E-state index is 13.1. The van der Waals surface area contributed by atoms with E-state index >= 15 is 0 Å². The number of halogens is 1. The molecule has 4 bridgehead atoms. The Morgan fingerprint density at radius 1 is 0.824 bits per heavy atom. The van der Waals surface area contributed by atoms with E-state index in [-0.39, 0.29) is 5.82 Å². The molecule has 4 fully saturated rings. The summed E-state index contributed by atoms with van der Waals surface area (Å²) in [5, 5.41) is 0. The lowest BCUT2D eigenvalue weighted by molar-refractivity contribution is -0.00521. The van der Waals surface area contributed by atoms with Crippen LogP contribution in [0.25, 0.3) is 0 Å². The number of benzene rings is 1. The van der Waals surface area contributed by atoms with Crippen LogP contribution in [0, 0.1) is 23.6 Å². The smallest absolute Gasteiger partial charge is 0.123 e. The summed E-state index contributed by atoms with van der Waals surface area (Å²) in [6.07, 6.45) is 8.52. The summed E-state index contributed by atoms with van der Waals surface area (Å²) in [5.41, 5.74) is 1.83. The summed E-state index contributed by atoms with van der Waals surface area (Å²) in [7, 11) is 0. The molecule has 0 aromatic heterocycles. The normalized spacial score (nSPS) is 43.0. The van der Waals surface area contributed by atoms with Gasteiger partial charge in [0.1, 0.15) is 5.82 Å². The van der Waals surface area contributed by atoms with Crippen LogP contribution in [0.5, 0.6) is 0 Å². The van der Waals surface area contributed by atoms with Gasteiger partial charge < -0.3 is 0 Å². The Kier molecular flexibility index (Phi) is 1.98. The second-order valence-electron chi connectivity index (χ2n) is 6.70. The van der Waals surface area contributed by atoms with Crippen LogP contribution in [-0.4, -0.2) is 0 Å². The predicted molar refractivity (Wildman–Crippen MR) is 66.3 cm³/mol. The minimum absolute atomic E-state index is 0.0986. The van der Waals surface area contributed by atoms with Crippen molar-refractivity contribution in [3.05, 3.63) is 35.6 Å². The van der Waals surface area contributed by atoms with Crippen molar-refractivity contribution in [1.82, 2.24) is 0 Å². The minimum Gasteiger partial charge on any atom is -0.207 e. The van der Waals surface area contributed by atoms with E-state index in [9.17, 15) is 4.39 Å². The Bertz CT molecular complexity index is 396. The molecule has 4 aliphatic rings. The Balaban J connectivity index is 1.74. The van der Waals surface area contributed by atoms with Gasteiger partial charge in [-0.3, -0.25) is 0 Å². The van der Waals surface area contributed by atoms with Crippen LogP contribution >= 0.6 is 0 Å². The van der Waals surface area contributed by atoms with Crippen molar-refractivity contribution in [2.24, 2.45) is 17.8 Å².